The highest BCUT2D eigenvalue weighted by molar-refractivity contribution is 6.00. The third-order valence-electron chi connectivity index (χ3n) is 4.63. The van der Waals surface area contributed by atoms with Gasteiger partial charge in [-0.25, -0.2) is 0 Å². The number of hydrogen-bond acceptors (Lipinski definition) is 4. The van der Waals surface area contributed by atoms with Gasteiger partial charge >= 0.3 is 0 Å². The predicted molar refractivity (Wildman–Crippen MR) is 84.9 cm³/mol. The van der Waals surface area contributed by atoms with Crippen LogP contribution in [0.4, 0.5) is 0 Å². The lowest BCUT2D eigenvalue weighted by atomic mass is 10.1. The van der Waals surface area contributed by atoms with Gasteiger partial charge in [0.05, 0.1) is 0 Å². The molecule has 0 fully saturated rings. The summed E-state index contributed by atoms with van der Waals surface area (Å²) in [4.78, 5) is 27.4. The maximum Gasteiger partial charge on any atom is 0.256 e. The molecule has 2 aliphatic heterocycles. The van der Waals surface area contributed by atoms with Crippen molar-refractivity contribution in [1.29, 1.82) is 0 Å². The second kappa shape index (κ2) is 5.43. The summed E-state index contributed by atoms with van der Waals surface area (Å²) in [7, 11) is 0. The number of carbonyl (C=O) groups excluding carboxylic acids is 2. The number of aliphatic hydroxyl groups is 2. The Kier molecular flexibility index (Phi) is 3.37. The Bertz CT molecular complexity index is 766. The predicted octanol–water partition coefficient (Wildman–Crippen LogP) is 1.28. The van der Waals surface area contributed by atoms with E-state index in [2.05, 4.69) is 0 Å². The number of carbonyl (C=O) groups is 2. The van der Waals surface area contributed by atoms with E-state index in [9.17, 15) is 19.8 Å². The SMILES string of the molecule is O=C1c2ccccc2[C@@H](O)N1CCN1C(=O)c2ccccc2[C@H]1O. The fourth-order valence-electron chi connectivity index (χ4n) is 3.36. The molecule has 0 saturated carbocycles. The zero-order chi connectivity index (χ0) is 16.8. The summed E-state index contributed by atoms with van der Waals surface area (Å²) in [6.45, 7) is 0.289. The van der Waals surface area contributed by atoms with Crippen LogP contribution in [0.2, 0.25) is 0 Å². The maximum atomic E-state index is 12.4. The van der Waals surface area contributed by atoms with Gasteiger partial charge in [-0.15, -0.1) is 0 Å². The summed E-state index contributed by atoms with van der Waals surface area (Å²) >= 11 is 0. The fraction of sp³-hybridized carbons (Fsp3) is 0.222. The fourth-order valence-corrected chi connectivity index (χ4v) is 3.36. The van der Waals surface area contributed by atoms with Crippen LogP contribution >= 0.6 is 0 Å². The normalized spacial score (nSPS) is 22.1. The van der Waals surface area contributed by atoms with Crippen molar-refractivity contribution in [3.05, 3.63) is 70.8 Å². The van der Waals surface area contributed by atoms with Crippen LogP contribution in [0.1, 0.15) is 44.3 Å². The molecule has 0 spiro atoms. The molecule has 0 aromatic heterocycles. The van der Waals surface area contributed by atoms with Crippen molar-refractivity contribution in [2.75, 3.05) is 13.1 Å². The zero-order valence-electron chi connectivity index (χ0n) is 12.8. The summed E-state index contributed by atoms with van der Waals surface area (Å²) in [6.07, 6.45) is -2.04. The van der Waals surface area contributed by atoms with Crippen LogP contribution in [-0.2, 0) is 0 Å². The molecule has 6 nitrogen and oxygen atoms in total. The number of nitrogens with zero attached hydrogens (tertiary/aromatic N) is 2. The Morgan fingerprint density at radius 2 is 1.08 bits per heavy atom. The molecule has 122 valence electrons. The van der Waals surface area contributed by atoms with E-state index in [1.54, 1.807) is 48.5 Å². The number of fused-ring (bicyclic) bond motifs is 2. The molecule has 2 aliphatic rings. The summed E-state index contributed by atoms with van der Waals surface area (Å²) < 4.78 is 0. The Labute approximate surface area is 138 Å². The third kappa shape index (κ3) is 2.04. The highest BCUT2D eigenvalue weighted by atomic mass is 16.3. The van der Waals surface area contributed by atoms with Crippen LogP contribution < -0.4 is 0 Å². The van der Waals surface area contributed by atoms with Crippen molar-refractivity contribution in [2.45, 2.75) is 12.5 Å². The van der Waals surface area contributed by atoms with Crippen molar-refractivity contribution in [3.8, 4) is 0 Å². The number of hydrogen-bond donors (Lipinski definition) is 2. The average molecular weight is 324 g/mol. The Balaban J connectivity index is 1.51. The van der Waals surface area contributed by atoms with E-state index in [4.69, 9.17) is 0 Å². The van der Waals surface area contributed by atoms with Gasteiger partial charge in [0, 0.05) is 35.3 Å². The lowest BCUT2D eigenvalue weighted by Gasteiger charge is -2.26. The molecule has 0 aliphatic carbocycles. The van der Waals surface area contributed by atoms with Crippen LogP contribution in [-0.4, -0.2) is 44.9 Å². The van der Waals surface area contributed by atoms with Gasteiger partial charge in [0.25, 0.3) is 11.8 Å². The molecular weight excluding hydrogens is 308 g/mol. The molecule has 0 saturated heterocycles. The van der Waals surface area contributed by atoms with Crippen LogP contribution in [0.3, 0.4) is 0 Å². The lowest BCUT2D eigenvalue weighted by molar-refractivity contribution is -0.00761. The monoisotopic (exact) mass is 324 g/mol. The summed E-state index contributed by atoms with van der Waals surface area (Å²) in [5.74, 6) is -0.534. The largest absolute Gasteiger partial charge is 0.369 e. The molecule has 2 amide bonds. The van der Waals surface area contributed by atoms with E-state index in [1.165, 1.54) is 9.80 Å². The van der Waals surface area contributed by atoms with Crippen LogP contribution in [0.15, 0.2) is 48.5 Å². The van der Waals surface area contributed by atoms with E-state index in [0.717, 1.165) is 0 Å². The van der Waals surface area contributed by atoms with Crippen LogP contribution in [0.5, 0.6) is 0 Å². The minimum atomic E-state index is -1.02. The summed E-state index contributed by atoms with van der Waals surface area (Å²) in [5.41, 5.74) is 2.08. The number of aliphatic hydroxyl groups excluding tert-OH is 2. The molecular formula is C18H16N2O4. The Morgan fingerprint density at radius 1 is 0.708 bits per heavy atom. The molecule has 0 unspecified atom stereocenters. The van der Waals surface area contributed by atoms with Crippen molar-refractivity contribution in [1.82, 2.24) is 9.80 Å². The van der Waals surface area contributed by atoms with Gasteiger partial charge < -0.3 is 20.0 Å². The Hall–Kier alpha value is -2.70. The summed E-state index contributed by atoms with van der Waals surface area (Å²) in [5, 5.41) is 20.7. The van der Waals surface area contributed by atoms with E-state index >= 15 is 0 Å². The second-order valence-corrected chi connectivity index (χ2v) is 5.92. The van der Waals surface area contributed by atoms with Crippen LogP contribution in [0, 0.1) is 0 Å². The smallest absolute Gasteiger partial charge is 0.256 e. The van der Waals surface area contributed by atoms with E-state index in [1.807, 2.05) is 0 Å². The molecule has 2 N–H and O–H groups in total. The molecule has 6 heteroatoms. The highest BCUT2D eigenvalue weighted by Gasteiger charge is 2.38. The highest BCUT2D eigenvalue weighted by Crippen LogP contribution is 2.33. The van der Waals surface area contributed by atoms with Crippen LogP contribution in [0.25, 0.3) is 0 Å². The van der Waals surface area contributed by atoms with Crippen molar-refractivity contribution < 1.29 is 19.8 Å². The standard InChI is InChI=1S/C18H16N2O4/c21-15-11-5-1-2-6-12(11)16(22)19(15)9-10-20-17(23)13-7-3-4-8-14(13)18(20)24/h1-8,15,17,21,23H,9-10H2/t15-,17-/m1/s1. The zero-order valence-corrected chi connectivity index (χ0v) is 12.8. The van der Waals surface area contributed by atoms with Gasteiger partial charge in [-0.1, -0.05) is 36.4 Å². The summed E-state index contributed by atoms with van der Waals surface area (Å²) in [6, 6.07) is 13.8. The minimum Gasteiger partial charge on any atom is -0.369 e. The first-order valence-electron chi connectivity index (χ1n) is 7.75. The van der Waals surface area contributed by atoms with Gasteiger partial charge in [0.2, 0.25) is 0 Å². The lowest BCUT2D eigenvalue weighted by Crippen LogP contribution is -2.38. The molecule has 2 aromatic carbocycles. The molecule has 24 heavy (non-hydrogen) atoms. The van der Waals surface area contributed by atoms with Gasteiger partial charge in [0.1, 0.15) is 0 Å². The topological polar surface area (TPSA) is 81.1 Å². The first-order chi connectivity index (χ1) is 11.6. The molecule has 2 atom stereocenters. The average Bonchev–Trinajstić information content (AvgIpc) is 3.00. The first-order valence-corrected chi connectivity index (χ1v) is 7.75. The van der Waals surface area contributed by atoms with Gasteiger partial charge in [-0.05, 0) is 12.1 Å². The second-order valence-electron chi connectivity index (χ2n) is 5.92. The molecule has 0 radical (unpaired) electrons. The van der Waals surface area contributed by atoms with Gasteiger partial charge in [-0.2, -0.15) is 0 Å². The van der Waals surface area contributed by atoms with Gasteiger partial charge in [-0.3, -0.25) is 9.59 Å². The van der Waals surface area contributed by atoms with Crippen molar-refractivity contribution >= 4 is 11.8 Å². The van der Waals surface area contributed by atoms with E-state index in [-0.39, 0.29) is 24.9 Å². The minimum absolute atomic E-state index is 0.144. The van der Waals surface area contributed by atoms with Crippen molar-refractivity contribution in [3.63, 3.8) is 0 Å². The van der Waals surface area contributed by atoms with E-state index < -0.39 is 12.5 Å². The quantitative estimate of drug-likeness (QED) is 0.891. The third-order valence-corrected chi connectivity index (χ3v) is 4.63. The van der Waals surface area contributed by atoms with Gasteiger partial charge in [0.15, 0.2) is 12.5 Å². The molecule has 4 rings (SSSR count). The molecule has 2 heterocycles. The number of rotatable bonds is 3. The van der Waals surface area contributed by atoms with Crippen molar-refractivity contribution in [2.24, 2.45) is 0 Å². The number of benzene rings is 2. The van der Waals surface area contributed by atoms with E-state index in [0.29, 0.717) is 22.3 Å². The Morgan fingerprint density at radius 3 is 1.46 bits per heavy atom. The molecule has 2 aromatic rings. The first kappa shape index (κ1) is 14.9. The molecule has 0 bridgehead atoms. The maximum absolute atomic E-state index is 12.4. The number of amides is 2.